The van der Waals surface area contributed by atoms with Crippen LogP contribution in [0.2, 0.25) is 0 Å². The molecule has 1 aliphatic rings. The van der Waals surface area contributed by atoms with Gasteiger partial charge in [0, 0.05) is 13.0 Å². The van der Waals surface area contributed by atoms with Gasteiger partial charge in [0.15, 0.2) is 0 Å². The summed E-state index contributed by atoms with van der Waals surface area (Å²) < 4.78 is 4.93. The molecule has 1 saturated carbocycles. The molecule has 5 heteroatoms. The Balaban J connectivity index is 2.51. The molecule has 1 atom stereocenters. The van der Waals surface area contributed by atoms with Gasteiger partial charge < -0.3 is 14.7 Å². The van der Waals surface area contributed by atoms with E-state index in [4.69, 9.17) is 4.74 Å². The van der Waals surface area contributed by atoms with Crippen LogP contribution >= 0.6 is 0 Å². The van der Waals surface area contributed by atoms with Crippen molar-refractivity contribution in [2.75, 3.05) is 19.8 Å². The Morgan fingerprint density at radius 2 is 1.87 bits per heavy atom. The lowest BCUT2D eigenvalue weighted by atomic mass is 9.86. The van der Waals surface area contributed by atoms with Gasteiger partial charge in [-0.15, -0.1) is 0 Å². The number of carbonyl (C=O) groups excluding carboxylic acids is 2. The maximum atomic E-state index is 12.6. The molecule has 1 N–H and O–H groups in total. The highest BCUT2D eigenvalue weighted by Gasteiger charge is 2.24. The molecular weight excluding hydrogens is 294 g/mol. The lowest BCUT2D eigenvalue weighted by Gasteiger charge is -2.30. The number of esters is 1. The summed E-state index contributed by atoms with van der Waals surface area (Å²) in [4.78, 5) is 25.8. The zero-order valence-electron chi connectivity index (χ0n) is 14.8. The summed E-state index contributed by atoms with van der Waals surface area (Å²) >= 11 is 0. The van der Waals surface area contributed by atoms with Crippen molar-refractivity contribution in [1.82, 2.24) is 4.90 Å². The molecule has 0 heterocycles. The van der Waals surface area contributed by atoms with Gasteiger partial charge in [0.05, 0.1) is 25.7 Å². The molecule has 23 heavy (non-hydrogen) atoms. The van der Waals surface area contributed by atoms with E-state index in [0.717, 1.165) is 6.42 Å². The van der Waals surface area contributed by atoms with Crippen LogP contribution < -0.4 is 0 Å². The molecule has 134 valence electrons. The van der Waals surface area contributed by atoms with Crippen molar-refractivity contribution < 1.29 is 19.4 Å². The van der Waals surface area contributed by atoms with E-state index in [0.29, 0.717) is 31.9 Å². The van der Waals surface area contributed by atoms with Crippen molar-refractivity contribution in [2.24, 2.45) is 5.92 Å². The smallest absolute Gasteiger partial charge is 0.307 e. The van der Waals surface area contributed by atoms with Crippen LogP contribution in [0.5, 0.6) is 0 Å². The third-order valence-corrected chi connectivity index (χ3v) is 4.80. The molecule has 0 aromatic carbocycles. The van der Waals surface area contributed by atoms with Crippen LogP contribution in [0, 0.1) is 5.92 Å². The minimum Gasteiger partial charge on any atom is -0.466 e. The van der Waals surface area contributed by atoms with Crippen LogP contribution in [0.4, 0.5) is 0 Å². The number of amides is 1. The zero-order chi connectivity index (χ0) is 17.1. The first-order valence-corrected chi connectivity index (χ1v) is 9.18. The molecule has 5 nitrogen and oxygen atoms in total. The van der Waals surface area contributed by atoms with Crippen molar-refractivity contribution in [3.8, 4) is 0 Å². The van der Waals surface area contributed by atoms with Gasteiger partial charge in [-0.1, -0.05) is 39.0 Å². The number of carbonyl (C=O) groups is 2. The summed E-state index contributed by atoms with van der Waals surface area (Å²) in [6.45, 7) is 4.35. The number of aliphatic hydroxyl groups is 1. The minimum atomic E-state index is -0.287. The fourth-order valence-electron chi connectivity index (χ4n) is 3.35. The third kappa shape index (κ3) is 7.34. The minimum absolute atomic E-state index is 0.0563. The Labute approximate surface area is 140 Å². The summed E-state index contributed by atoms with van der Waals surface area (Å²) in [6.07, 6.45) is 8.66. The predicted octanol–water partition coefficient (Wildman–Crippen LogP) is 2.90. The van der Waals surface area contributed by atoms with Crippen LogP contribution in [-0.2, 0) is 14.3 Å². The molecule has 0 bridgehead atoms. The average molecular weight is 327 g/mol. The molecule has 0 saturated heterocycles. The largest absolute Gasteiger partial charge is 0.466 e. The molecule has 1 fully saturated rings. The van der Waals surface area contributed by atoms with Crippen molar-refractivity contribution >= 4 is 11.9 Å². The number of ether oxygens (including phenoxy) is 1. The lowest BCUT2D eigenvalue weighted by molar-refractivity contribution is -0.144. The van der Waals surface area contributed by atoms with E-state index in [1.54, 1.807) is 11.8 Å². The zero-order valence-corrected chi connectivity index (χ0v) is 14.8. The molecule has 0 spiro atoms. The van der Waals surface area contributed by atoms with Crippen LogP contribution in [0.1, 0.15) is 71.6 Å². The van der Waals surface area contributed by atoms with Gasteiger partial charge in [0.1, 0.15) is 0 Å². The average Bonchev–Trinajstić information content (AvgIpc) is 2.57. The molecule has 1 aliphatic carbocycles. The number of hydrogen-bond donors (Lipinski definition) is 1. The first-order chi connectivity index (χ1) is 11.1. The van der Waals surface area contributed by atoms with Gasteiger partial charge >= 0.3 is 5.97 Å². The van der Waals surface area contributed by atoms with Crippen molar-refractivity contribution in [2.45, 2.75) is 77.7 Å². The Kier molecular flexibility index (Phi) is 9.92. The number of aliphatic hydroxyl groups excluding tert-OH is 1. The predicted molar refractivity (Wildman–Crippen MR) is 89.9 cm³/mol. The fourth-order valence-corrected chi connectivity index (χ4v) is 3.35. The van der Waals surface area contributed by atoms with E-state index in [2.05, 4.69) is 0 Å². The SMILES string of the molecule is CCOC(=O)CCN(C(=O)CCC1CCCCC1)C(CC)CO. The topological polar surface area (TPSA) is 66.8 Å². The summed E-state index contributed by atoms with van der Waals surface area (Å²) in [7, 11) is 0. The number of nitrogens with zero attached hydrogens (tertiary/aromatic N) is 1. The van der Waals surface area contributed by atoms with Gasteiger partial charge in [-0.05, 0) is 25.7 Å². The van der Waals surface area contributed by atoms with Crippen LogP contribution in [0.3, 0.4) is 0 Å². The highest BCUT2D eigenvalue weighted by Crippen LogP contribution is 2.27. The lowest BCUT2D eigenvalue weighted by Crippen LogP contribution is -2.43. The normalized spacial score (nSPS) is 16.8. The molecule has 1 amide bonds. The summed E-state index contributed by atoms with van der Waals surface area (Å²) in [5.41, 5.74) is 0. The maximum Gasteiger partial charge on any atom is 0.307 e. The van der Waals surface area contributed by atoms with E-state index in [1.165, 1.54) is 32.1 Å². The Hall–Kier alpha value is -1.10. The Morgan fingerprint density at radius 1 is 1.17 bits per heavy atom. The standard InChI is InChI=1S/C18H33NO4/c1-3-16(14-20)19(13-12-18(22)23-4-2)17(21)11-10-15-8-6-5-7-9-15/h15-16,20H,3-14H2,1-2H3. The highest BCUT2D eigenvalue weighted by atomic mass is 16.5. The van der Waals surface area contributed by atoms with E-state index in [1.807, 2.05) is 6.92 Å². The van der Waals surface area contributed by atoms with E-state index < -0.39 is 0 Å². The monoisotopic (exact) mass is 327 g/mol. The van der Waals surface area contributed by atoms with Crippen LogP contribution in [0.25, 0.3) is 0 Å². The van der Waals surface area contributed by atoms with Gasteiger partial charge in [-0.25, -0.2) is 0 Å². The van der Waals surface area contributed by atoms with Gasteiger partial charge in [-0.3, -0.25) is 9.59 Å². The Morgan fingerprint density at radius 3 is 2.43 bits per heavy atom. The van der Waals surface area contributed by atoms with Crippen molar-refractivity contribution in [3.05, 3.63) is 0 Å². The van der Waals surface area contributed by atoms with E-state index in [9.17, 15) is 14.7 Å². The number of rotatable bonds is 10. The second-order valence-corrected chi connectivity index (χ2v) is 6.43. The van der Waals surface area contributed by atoms with Crippen LogP contribution in [0.15, 0.2) is 0 Å². The fraction of sp³-hybridized carbons (Fsp3) is 0.889. The van der Waals surface area contributed by atoms with E-state index >= 15 is 0 Å². The number of hydrogen-bond acceptors (Lipinski definition) is 4. The third-order valence-electron chi connectivity index (χ3n) is 4.80. The quantitative estimate of drug-likeness (QED) is 0.627. The van der Waals surface area contributed by atoms with Gasteiger partial charge in [0.2, 0.25) is 5.91 Å². The van der Waals surface area contributed by atoms with Crippen LogP contribution in [-0.4, -0.2) is 47.7 Å². The molecule has 0 aromatic heterocycles. The van der Waals surface area contributed by atoms with Crippen molar-refractivity contribution in [3.63, 3.8) is 0 Å². The maximum absolute atomic E-state index is 12.6. The second-order valence-electron chi connectivity index (χ2n) is 6.43. The summed E-state index contributed by atoms with van der Waals surface area (Å²) in [5, 5.41) is 9.52. The Bertz CT molecular complexity index is 349. The van der Waals surface area contributed by atoms with Gasteiger partial charge in [-0.2, -0.15) is 0 Å². The molecular formula is C18H33NO4. The molecule has 1 rings (SSSR count). The molecule has 0 aliphatic heterocycles. The van der Waals surface area contributed by atoms with Crippen molar-refractivity contribution in [1.29, 1.82) is 0 Å². The summed E-state index contributed by atoms with van der Waals surface area (Å²) in [6, 6.07) is -0.205. The molecule has 1 unspecified atom stereocenters. The second kappa shape index (κ2) is 11.4. The van der Waals surface area contributed by atoms with Gasteiger partial charge in [0.25, 0.3) is 0 Å². The molecule has 0 radical (unpaired) electrons. The summed E-state index contributed by atoms with van der Waals surface area (Å²) in [5.74, 6) is 0.431. The first-order valence-electron chi connectivity index (χ1n) is 9.18. The highest BCUT2D eigenvalue weighted by molar-refractivity contribution is 5.77. The first kappa shape index (κ1) is 19.9. The molecule has 0 aromatic rings. The van der Waals surface area contributed by atoms with E-state index in [-0.39, 0.29) is 30.9 Å².